The molecule has 1 aliphatic rings. The van der Waals surface area contributed by atoms with Gasteiger partial charge in [-0.15, -0.1) is 0 Å². The first-order valence-electron chi connectivity index (χ1n) is 6.05. The molecule has 5 nitrogen and oxygen atoms in total. The van der Waals surface area contributed by atoms with Gasteiger partial charge in [-0.3, -0.25) is 4.79 Å². The van der Waals surface area contributed by atoms with Gasteiger partial charge in [0.05, 0.1) is 13.2 Å². The lowest BCUT2D eigenvalue weighted by atomic mass is 10.3. The van der Waals surface area contributed by atoms with Crippen LogP contribution < -0.4 is 0 Å². The maximum atomic E-state index is 12.4. The van der Waals surface area contributed by atoms with E-state index in [1.54, 1.807) is 6.07 Å². The van der Waals surface area contributed by atoms with Gasteiger partial charge in [0.25, 0.3) is 5.91 Å². The highest BCUT2D eigenvalue weighted by molar-refractivity contribution is 9.10. The van der Waals surface area contributed by atoms with Crippen LogP contribution in [0.1, 0.15) is 29.4 Å². The summed E-state index contributed by atoms with van der Waals surface area (Å²) < 4.78 is 2.86. The molecule has 1 aromatic heterocycles. The maximum Gasteiger partial charge on any atom is 0.270 e. The van der Waals surface area contributed by atoms with Crippen molar-refractivity contribution in [2.45, 2.75) is 18.9 Å². The zero-order valence-corrected chi connectivity index (χ0v) is 11.6. The van der Waals surface area contributed by atoms with E-state index in [1.165, 1.54) is 4.90 Å². The zero-order valence-electron chi connectivity index (χ0n) is 10.0. The van der Waals surface area contributed by atoms with Gasteiger partial charge in [0.2, 0.25) is 0 Å². The Morgan fingerprint density at radius 3 is 2.50 bits per heavy atom. The highest BCUT2D eigenvalue weighted by Crippen LogP contribution is 2.37. The Balaban J connectivity index is 2.20. The summed E-state index contributed by atoms with van der Waals surface area (Å²) in [6.07, 6.45) is 4.11. The largest absolute Gasteiger partial charge is 0.395 e. The summed E-state index contributed by atoms with van der Waals surface area (Å²) in [6, 6.07) is 2.21. The SMILES string of the molecule is O=C(c1cc(Br)cn1C1CC1)N(CCO)CCO. The van der Waals surface area contributed by atoms with Crippen LogP contribution in [0.2, 0.25) is 0 Å². The average Bonchev–Trinajstić information content (AvgIpc) is 3.11. The fourth-order valence-corrected chi connectivity index (χ4v) is 2.43. The van der Waals surface area contributed by atoms with Gasteiger partial charge < -0.3 is 19.7 Å². The van der Waals surface area contributed by atoms with Gasteiger partial charge in [-0.2, -0.15) is 0 Å². The van der Waals surface area contributed by atoms with E-state index in [1.807, 2.05) is 10.8 Å². The number of carbonyl (C=O) groups is 1. The van der Waals surface area contributed by atoms with Crippen molar-refractivity contribution in [2.24, 2.45) is 0 Å². The molecule has 0 bridgehead atoms. The van der Waals surface area contributed by atoms with E-state index < -0.39 is 0 Å². The number of halogens is 1. The van der Waals surface area contributed by atoms with Crippen LogP contribution in [0.4, 0.5) is 0 Å². The van der Waals surface area contributed by atoms with Gasteiger partial charge in [0, 0.05) is 29.8 Å². The van der Waals surface area contributed by atoms with Crippen LogP contribution in [0, 0.1) is 0 Å². The Morgan fingerprint density at radius 2 is 2.00 bits per heavy atom. The number of aromatic nitrogens is 1. The Bertz CT molecular complexity index is 423. The van der Waals surface area contributed by atoms with Crippen LogP contribution in [0.15, 0.2) is 16.7 Å². The zero-order chi connectivity index (χ0) is 13.1. The van der Waals surface area contributed by atoms with E-state index in [0.29, 0.717) is 11.7 Å². The number of carbonyl (C=O) groups excluding carboxylic acids is 1. The molecule has 0 radical (unpaired) electrons. The molecule has 0 aliphatic heterocycles. The van der Waals surface area contributed by atoms with Crippen molar-refractivity contribution in [1.29, 1.82) is 0 Å². The van der Waals surface area contributed by atoms with Crippen molar-refractivity contribution in [3.8, 4) is 0 Å². The number of aliphatic hydroxyl groups excluding tert-OH is 2. The number of hydrogen-bond donors (Lipinski definition) is 2. The van der Waals surface area contributed by atoms with Crippen LogP contribution in [-0.2, 0) is 0 Å². The third-order valence-corrected chi connectivity index (χ3v) is 3.44. The molecule has 0 spiro atoms. The molecule has 1 amide bonds. The third kappa shape index (κ3) is 2.93. The average molecular weight is 317 g/mol. The predicted molar refractivity (Wildman–Crippen MR) is 70.5 cm³/mol. The van der Waals surface area contributed by atoms with Crippen LogP contribution in [0.3, 0.4) is 0 Å². The van der Waals surface area contributed by atoms with E-state index in [0.717, 1.165) is 17.3 Å². The second kappa shape index (κ2) is 5.86. The molecular formula is C12H17BrN2O3. The summed E-state index contributed by atoms with van der Waals surface area (Å²) in [4.78, 5) is 13.8. The van der Waals surface area contributed by atoms with Crippen LogP contribution in [0.25, 0.3) is 0 Å². The molecule has 0 atom stereocenters. The fraction of sp³-hybridized carbons (Fsp3) is 0.583. The topological polar surface area (TPSA) is 65.7 Å². The second-order valence-electron chi connectivity index (χ2n) is 4.42. The molecule has 1 fully saturated rings. The molecular weight excluding hydrogens is 300 g/mol. The molecule has 0 aromatic carbocycles. The van der Waals surface area contributed by atoms with E-state index in [-0.39, 0.29) is 32.2 Å². The van der Waals surface area contributed by atoms with E-state index in [4.69, 9.17) is 10.2 Å². The molecule has 100 valence electrons. The number of hydrogen-bond acceptors (Lipinski definition) is 3. The van der Waals surface area contributed by atoms with E-state index >= 15 is 0 Å². The minimum atomic E-state index is -0.143. The Labute approximate surface area is 114 Å². The third-order valence-electron chi connectivity index (χ3n) is 3.00. The van der Waals surface area contributed by atoms with Gasteiger partial charge in [-0.1, -0.05) is 0 Å². The summed E-state index contributed by atoms with van der Waals surface area (Å²) in [6.45, 7) is 0.286. The van der Waals surface area contributed by atoms with Crippen LogP contribution >= 0.6 is 15.9 Å². The van der Waals surface area contributed by atoms with Gasteiger partial charge in [0.15, 0.2) is 0 Å². The van der Waals surface area contributed by atoms with Crippen LogP contribution in [0.5, 0.6) is 0 Å². The first kappa shape index (κ1) is 13.6. The summed E-state index contributed by atoms with van der Waals surface area (Å²) >= 11 is 3.38. The summed E-state index contributed by atoms with van der Waals surface area (Å²) in [7, 11) is 0. The van der Waals surface area contributed by atoms with Gasteiger partial charge in [-0.05, 0) is 34.8 Å². The molecule has 1 saturated carbocycles. The summed E-state index contributed by atoms with van der Waals surface area (Å²) in [5.74, 6) is -0.143. The first-order valence-corrected chi connectivity index (χ1v) is 6.85. The Morgan fingerprint density at radius 1 is 1.39 bits per heavy atom. The van der Waals surface area contributed by atoms with Crippen molar-refractivity contribution >= 4 is 21.8 Å². The van der Waals surface area contributed by atoms with Crippen molar-refractivity contribution in [3.05, 3.63) is 22.4 Å². The van der Waals surface area contributed by atoms with E-state index in [2.05, 4.69) is 15.9 Å². The van der Waals surface area contributed by atoms with Crippen molar-refractivity contribution in [2.75, 3.05) is 26.3 Å². The standard InChI is InChI=1S/C12H17BrN2O3/c13-9-7-11(15(8-9)10-1-2-10)12(18)14(3-5-16)4-6-17/h7-8,10,16-17H,1-6H2. The van der Waals surface area contributed by atoms with Crippen LogP contribution in [-0.4, -0.2) is 51.9 Å². The molecule has 2 rings (SSSR count). The molecule has 6 heteroatoms. The fourth-order valence-electron chi connectivity index (χ4n) is 1.99. The smallest absolute Gasteiger partial charge is 0.270 e. The van der Waals surface area contributed by atoms with Crippen molar-refractivity contribution < 1.29 is 15.0 Å². The highest BCUT2D eigenvalue weighted by atomic mass is 79.9. The number of amides is 1. The van der Waals surface area contributed by atoms with Gasteiger partial charge in [0.1, 0.15) is 5.69 Å². The maximum absolute atomic E-state index is 12.4. The molecule has 2 N–H and O–H groups in total. The monoisotopic (exact) mass is 316 g/mol. The molecule has 1 aromatic rings. The molecule has 0 unspecified atom stereocenters. The quantitative estimate of drug-likeness (QED) is 0.823. The number of rotatable bonds is 6. The lowest BCUT2D eigenvalue weighted by Crippen LogP contribution is -2.36. The van der Waals surface area contributed by atoms with Gasteiger partial charge in [-0.25, -0.2) is 0 Å². The van der Waals surface area contributed by atoms with Crippen molar-refractivity contribution in [1.82, 2.24) is 9.47 Å². The van der Waals surface area contributed by atoms with Gasteiger partial charge >= 0.3 is 0 Å². The number of aliphatic hydroxyl groups is 2. The molecule has 1 heterocycles. The van der Waals surface area contributed by atoms with E-state index in [9.17, 15) is 4.79 Å². The molecule has 1 aliphatic carbocycles. The summed E-state index contributed by atoms with van der Waals surface area (Å²) in [5, 5.41) is 17.9. The predicted octanol–water partition coefficient (Wildman–Crippen LogP) is 1.01. The second-order valence-corrected chi connectivity index (χ2v) is 5.34. The molecule has 18 heavy (non-hydrogen) atoms. The molecule has 0 saturated heterocycles. The minimum absolute atomic E-state index is 0.100. The number of nitrogens with zero attached hydrogens (tertiary/aromatic N) is 2. The minimum Gasteiger partial charge on any atom is -0.395 e. The highest BCUT2D eigenvalue weighted by Gasteiger charge is 2.29. The Kier molecular flexibility index (Phi) is 4.42. The first-order chi connectivity index (χ1) is 8.67. The normalized spacial score (nSPS) is 14.8. The van der Waals surface area contributed by atoms with Crippen molar-refractivity contribution in [3.63, 3.8) is 0 Å². The lowest BCUT2D eigenvalue weighted by molar-refractivity contribution is 0.0674. The Hall–Kier alpha value is -0.850. The summed E-state index contributed by atoms with van der Waals surface area (Å²) in [5.41, 5.74) is 0.617. The lowest BCUT2D eigenvalue weighted by Gasteiger charge is -2.21.